The first-order valence-corrected chi connectivity index (χ1v) is 8.95. The maximum absolute atomic E-state index is 11.5. The molecule has 0 saturated heterocycles. The molecule has 0 saturated carbocycles. The minimum absolute atomic E-state index is 0.0634. The van der Waals surface area contributed by atoms with Crippen LogP contribution in [0.4, 0.5) is 11.4 Å². The second-order valence-corrected chi connectivity index (χ2v) is 6.62. The van der Waals surface area contributed by atoms with E-state index < -0.39 is 0 Å². The van der Waals surface area contributed by atoms with Crippen LogP contribution < -0.4 is 10.6 Å². The van der Waals surface area contributed by atoms with Crippen molar-refractivity contribution in [1.29, 1.82) is 0 Å². The highest BCUT2D eigenvalue weighted by Gasteiger charge is 2.16. The Hall–Kier alpha value is -1.95. The number of hydrogen-bond donors (Lipinski definition) is 2. The third kappa shape index (κ3) is 3.22. The fraction of sp³-hybridized carbons (Fsp3) is 0.412. The lowest BCUT2D eigenvalue weighted by molar-refractivity contribution is -0.113. The average molecular weight is 330 g/mol. The SMILES string of the molecule is CCc1nn(C)c(CC)c1CNc1ccc2c(c1)NC(=O)CS2. The molecule has 122 valence electrons. The minimum Gasteiger partial charge on any atom is -0.381 e. The Bertz CT molecular complexity index is 738. The highest BCUT2D eigenvalue weighted by molar-refractivity contribution is 8.00. The van der Waals surface area contributed by atoms with Crippen LogP contribution in [0.15, 0.2) is 23.1 Å². The number of fused-ring (bicyclic) bond motifs is 1. The Morgan fingerprint density at radius 3 is 2.91 bits per heavy atom. The van der Waals surface area contributed by atoms with Crippen molar-refractivity contribution < 1.29 is 4.79 Å². The predicted molar refractivity (Wildman–Crippen MR) is 95.1 cm³/mol. The summed E-state index contributed by atoms with van der Waals surface area (Å²) in [7, 11) is 2.01. The number of nitrogens with one attached hydrogen (secondary N) is 2. The number of aromatic nitrogens is 2. The van der Waals surface area contributed by atoms with Gasteiger partial charge in [-0.2, -0.15) is 5.10 Å². The largest absolute Gasteiger partial charge is 0.381 e. The standard InChI is InChI=1S/C17H22N4OS/c1-4-13-12(15(5-2)21(3)20-13)9-18-11-6-7-16-14(8-11)19-17(22)10-23-16/h6-8,18H,4-5,9-10H2,1-3H3,(H,19,22). The van der Waals surface area contributed by atoms with Crippen molar-refractivity contribution in [3.05, 3.63) is 35.2 Å². The first-order chi connectivity index (χ1) is 11.1. The molecular weight excluding hydrogens is 308 g/mol. The van der Waals surface area contributed by atoms with Gasteiger partial charge in [-0.25, -0.2) is 0 Å². The lowest BCUT2D eigenvalue weighted by atomic mass is 10.1. The number of amides is 1. The summed E-state index contributed by atoms with van der Waals surface area (Å²) in [6, 6.07) is 6.14. The van der Waals surface area contributed by atoms with Gasteiger partial charge in [0.2, 0.25) is 5.91 Å². The highest BCUT2D eigenvalue weighted by Crippen LogP contribution is 2.33. The van der Waals surface area contributed by atoms with Crippen LogP contribution in [0.25, 0.3) is 0 Å². The predicted octanol–water partition coefficient (Wildman–Crippen LogP) is 3.20. The molecule has 0 bridgehead atoms. The number of carbonyl (C=O) groups is 1. The van der Waals surface area contributed by atoms with Crippen molar-refractivity contribution in [3.63, 3.8) is 0 Å². The van der Waals surface area contributed by atoms with Gasteiger partial charge in [0.25, 0.3) is 0 Å². The Labute approximate surface area is 140 Å². The van der Waals surface area contributed by atoms with Crippen molar-refractivity contribution in [2.24, 2.45) is 7.05 Å². The summed E-state index contributed by atoms with van der Waals surface area (Å²) >= 11 is 1.58. The number of rotatable bonds is 5. The van der Waals surface area contributed by atoms with Gasteiger partial charge in [0.1, 0.15) is 0 Å². The first kappa shape index (κ1) is 15.9. The summed E-state index contributed by atoms with van der Waals surface area (Å²) < 4.78 is 1.99. The van der Waals surface area contributed by atoms with Gasteiger partial charge < -0.3 is 10.6 Å². The average Bonchev–Trinajstić information content (AvgIpc) is 2.87. The molecule has 5 nitrogen and oxygen atoms in total. The van der Waals surface area contributed by atoms with Gasteiger partial charge in [-0.1, -0.05) is 13.8 Å². The summed E-state index contributed by atoms with van der Waals surface area (Å²) in [5.74, 6) is 0.559. The second-order valence-electron chi connectivity index (χ2n) is 5.60. The summed E-state index contributed by atoms with van der Waals surface area (Å²) in [6.07, 6.45) is 1.90. The molecule has 0 atom stereocenters. The van der Waals surface area contributed by atoms with E-state index in [-0.39, 0.29) is 5.91 Å². The van der Waals surface area contributed by atoms with E-state index in [1.54, 1.807) is 11.8 Å². The molecule has 1 aromatic carbocycles. The summed E-state index contributed by atoms with van der Waals surface area (Å²) in [6.45, 7) is 5.04. The van der Waals surface area contributed by atoms with E-state index in [1.165, 1.54) is 11.3 Å². The van der Waals surface area contributed by atoms with E-state index in [2.05, 4.69) is 41.7 Å². The molecule has 0 unspecified atom stereocenters. The molecular formula is C17H22N4OS. The molecule has 1 aliphatic heterocycles. The van der Waals surface area contributed by atoms with Gasteiger partial charge in [0.05, 0.1) is 17.1 Å². The molecule has 0 aliphatic carbocycles. The topological polar surface area (TPSA) is 59.0 Å². The number of nitrogens with zero attached hydrogens (tertiary/aromatic N) is 2. The molecule has 23 heavy (non-hydrogen) atoms. The quantitative estimate of drug-likeness (QED) is 0.884. The normalized spacial score (nSPS) is 13.6. The number of aryl methyl sites for hydroxylation is 2. The molecule has 1 aliphatic rings. The zero-order valence-corrected chi connectivity index (χ0v) is 14.6. The third-order valence-electron chi connectivity index (χ3n) is 4.11. The molecule has 1 aromatic heterocycles. The van der Waals surface area contributed by atoms with Crippen LogP contribution in [0, 0.1) is 0 Å². The fourth-order valence-corrected chi connectivity index (χ4v) is 3.77. The summed E-state index contributed by atoms with van der Waals surface area (Å²) in [5, 5.41) is 11.0. The number of benzene rings is 1. The molecule has 3 rings (SSSR count). The van der Waals surface area contributed by atoms with Gasteiger partial charge in [-0.15, -0.1) is 11.8 Å². The van der Waals surface area contributed by atoms with Crippen molar-refractivity contribution >= 4 is 29.0 Å². The first-order valence-electron chi connectivity index (χ1n) is 7.96. The lowest BCUT2D eigenvalue weighted by Gasteiger charge is -2.17. The zero-order chi connectivity index (χ0) is 16.4. The van der Waals surface area contributed by atoms with Gasteiger partial charge in [0.15, 0.2) is 0 Å². The van der Waals surface area contributed by atoms with Crippen molar-refractivity contribution in [1.82, 2.24) is 9.78 Å². The van der Waals surface area contributed by atoms with Gasteiger partial charge >= 0.3 is 0 Å². The van der Waals surface area contributed by atoms with E-state index >= 15 is 0 Å². The van der Waals surface area contributed by atoms with Crippen LogP contribution in [0.5, 0.6) is 0 Å². The van der Waals surface area contributed by atoms with E-state index in [1.807, 2.05) is 17.8 Å². The molecule has 2 aromatic rings. The maximum atomic E-state index is 11.5. The van der Waals surface area contributed by atoms with E-state index in [4.69, 9.17) is 0 Å². The van der Waals surface area contributed by atoms with Crippen LogP contribution in [-0.2, 0) is 31.2 Å². The smallest absolute Gasteiger partial charge is 0.234 e. The minimum atomic E-state index is 0.0634. The van der Waals surface area contributed by atoms with Crippen LogP contribution in [0.3, 0.4) is 0 Å². The zero-order valence-electron chi connectivity index (χ0n) is 13.8. The van der Waals surface area contributed by atoms with Crippen molar-refractivity contribution in [3.8, 4) is 0 Å². The van der Waals surface area contributed by atoms with E-state index in [9.17, 15) is 4.79 Å². The Kier molecular flexibility index (Phi) is 4.61. The van der Waals surface area contributed by atoms with Crippen molar-refractivity contribution in [2.45, 2.75) is 38.1 Å². The second kappa shape index (κ2) is 6.66. The Morgan fingerprint density at radius 2 is 2.17 bits per heavy atom. The summed E-state index contributed by atoms with van der Waals surface area (Å²) in [4.78, 5) is 12.6. The molecule has 0 spiro atoms. The molecule has 1 amide bonds. The van der Waals surface area contributed by atoms with Crippen LogP contribution in [-0.4, -0.2) is 21.4 Å². The Balaban J connectivity index is 1.79. The molecule has 0 radical (unpaired) electrons. The number of thioether (sulfide) groups is 1. The fourth-order valence-electron chi connectivity index (χ4n) is 2.98. The summed E-state index contributed by atoms with van der Waals surface area (Å²) in [5.41, 5.74) is 5.62. The van der Waals surface area contributed by atoms with Gasteiger partial charge in [-0.3, -0.25) is 9.48 Å². The van der Waals surface area contributed by atoms with E-state index in [0.717, 1.165) is 41.4 Å². The lowest BCUT2D eigenvalue weighted by Crippen LogP contribution is -2.18. The van der Waals surface area contributed by atoms with Crippen LogP contribution in [0.1, 0.15) is 30.8 Å². The molecule has 2 heterocycles. The van der Waals surface area contributed by atoms with Gasteiger partial charge in [0, 0.05) is 35.4 Å². The molecule has 6 heteroatoms. The number of anilines is 2. The van der Waals surface area contributed by atoms with Crippen molar-refractivity contribution in [2.75, 3.05) is 16.4 Å². The van der Waals surface area contributed by atoms with Crippen LogP contribution >= 0.6 is 11.8 Å². The molecule has 0 fully saturated rings. The molecule has 2 N–H and O–H groups in total. The number of carbonyl (C=O) groups excluding carboxylic acids is 1. The third-order valence-corrected chi connectivity index (χ3v) is 5.18. The monoisotopic (exact) mass is 330 g/mol. The highest BCUT2D eigenvalue weighted by atomic mass is 32.2. The van der Waals surface area contributed by atoms with Gasteiger partial charge in [-0.05, 0) is 31.0 Å². The Morgan fingerprint density at radius 1 is 1.35 bits per heavy atom. The number of hydrogen-bond acceptors (Lipinski definition) is 4. The maximum Gasteiger partial charge on any atom is 0.234 e. The van der Waals surface area contributed by atoms with Crippen LogP contribution in [0.2, 0.25) is 0 Å². The van der Waals surface area contributed by atoms with E-state index in [0.29, 0.717) is 5.75 Å².